The van der Waals surface area contributed by atoms with E-state index in [1.54, 1.807) is 29.4 Å². The van der Waals surface area contributed by atoms with Crippen molar-refractivity contribution >= 4 is 22.8 Å². The quantitative estimate of drug-likeness (QED) is 0.444. The lowest BCUT2D eigenvalue weighted by atomic mass is 10.0. The highest BCUT2D eigenvalue weighted by Gasteiger charge is 2.27. The molecule has 1 unspecified atom stereocenters. The summed E-state index contributed by atoms with van der Waals surface area (Å²) in [5.74, 6) is 0.642. The minimum absolute atomic E-state index is 0.0813. The van der Waals surface area contributed by atoms with E-state index in [-0.39, 0.29) is 18.0 Å². The van der Waals surface area contributed by atoms with Crippen molar-refractivity contribution in [2.24, 2.45) is 0 Å². The van der Waals surface area contributed by atoms with Gasteiger partial charge in [-0.25, -0.2) is 28.7 Å². The number of pyridine rings is 3. The predicted octanol–water partition coefficient (Wildman–Crippen LogP) is 4.23. The number of amides is 1. The Morgan fingerprint density at radius 3 is 2.57 bits per heavy atom. The maximum Gasteiger partial charge on any atom is 0.265 e. The minimum atomic E-state index is -2.61. The first-order valence-corrected chi connectivity index (χ1v) is 11.3. The van der Waals surface area contributed by atoms with Gasteiger partial charge in [0.25, 0.3) is 12.3 Å². The van der Waals surface area contributed by atoms with Gasteiger partial charge in [0.15, 0.2) is 5.65 Å². The number of fused-ring (bicyclic) bond motifs is 3. The van der Waals surface area contributed by atoms with E-state index in [4.69, 9.17) is 5.73 Å². The SMILES string of the molecule is CC(c1ncccn1)N(Cc1ccc(C(F)F)cn1)C(=O)c1cnc2nc(N)c3c(c2c1)CCC3. The molecule has 0 saturated heterocycles. The number of halogens is 2. The monoisotopic (exact) mass is 475 g/mol. The average molecular weight is 476 g/mol. The normalized spacial score (nSPS) is 13.7. The zero-order chi connectivity index (χ0) is 24.5. The predicted molar refractivity (Wildman–Crippen MR) is 125 cm³/mol. The summed E-state index contributed by atoms with van der Waals surface area (Å²) >= 11 is 0. The first kappa shape index (κ1) is 22.7. The molecule has 0 bridgehead atoms. The van der Waals surface area contributed by atoms with Gasteiger partial charge in [-0.05, 0) is 61.6 Å². The van der Waals surface area contributed by atoms with Gasteiger partial charge >= 0.3 is 0 Å². The number of nitrogens with two attached hydrogens (primary N) is 1. The molecule has 35 heavy (non-hydrogen) atoms. The molecule has 5 rings (SSSR count). The van der Waals surface area contributed by atoms with Crippen LogP contribution >= 0.6 is 0 Å². The second kappa shape index (κ2) is 9.28. The Hall–Kier alpha value is -4.08. The summed E-state index contributed by atoms with van der Waals surface area (Å²) in [6, 6.07) is 5.81. The first-order valence-electron chi connectivity index (χ1n) is 11.3. The van der Waals surface area contributed by atoms with Crippen LogP contribution in [-0.4, -0.2) is 35.7 Å². The van der Waals surface area contributed by atoms with Gasteiger partial charge in [-0.15, -0.1) is 0 Å². The van der Waals surface area contributed by atoms with E-state index in [2.05, 4.69) is 24.9 Å². The van der Waals surface area contributed by atoms with Gasteiger partial charge in [0.1, 0.15) is 11.6 Å². The van der Waals surface area contributed by atoms with Gasteiger partial charge in [-0.3, -0.25) is 9.78 Å². The minimum Gasteiger partial charge on any atom is -0.383 e. The molecule has 8 nitrogen and oxygen atoms in total. The molecule has 4 heterocycles. The van der Waals surface area contributed by atoms with Crippen molar-refractivity contribution in [3.05, 3.63) is 82.8 Å². The van der Waals surface area contributed by atoms with E-state index >= 15 is 0 Å². The number of nitrogens with zero attached hydrogens (tertiary/aromatic N) is 6. The van der Waals surface area contributed by atoms with Gasteiger partial charge in [0, 0.05) is 35.7 Å². The molecule has 0 aliphatic heterocycles. The molecular formula is C25H23F2N7O. The van der Waals surface area contributed by atoms with Crippen molar-refractivity contribution < 1.29 is 13.6 Å². The fraction of sp³-hybridized carbons (Fsp3) is 0.280. The summed E-state index contributed by atoms with van der Waals surface area (Å²) in [4.78, 5) is 36.9. The Morgan fingerprint density at radius 2 is 1.86 bits per heavy atom. The molecule has 0 spiro atoms. The van der Waals surface area contributed by atoms with Crippen LogP contribution in [0.3, 0.4) is 0 Å². The molecule has 1 amide bonds. The third kappa shape index (κ3) is 4.39. The molecule has 0 aromatic carbocycles. The third-order valence-corrected chi connectivity index (χ3v) is 6.31. The average Bonchev–Trinajstić information content (AvgIpc) is 3.38. The van der Waals surface area contributed by atoms with E-state index in [1.165, 1.54) is 18.3 Å². The number of carbonyl (C=O) groups excluding carboxylic acids is 1. The van der Waals surface area contributed by atoms with Crippen LogP contribution in [-0.2, 0) is 19.4 Å². The molecule has 4 aromatic heterocycles. The summed E-state index contributed by atoms with van der Waals surface area (Å²) in [5, 5.41) is 0.820. The molecule has 1 atom stereocenters. The summed E-state index contributed by atoms with van der Waals surface area (Å²) in [5.41, 5.74) is 9.40. The van der Waals surface area contributed by atoms with Crippen LogP contribution in [0.15, 0.2) is 49.1 Å². The highest BCUT2D eigenvalue weighted by atomic mass is 19.3. The Morgan fingerprint density at radius 1 is 1.09 bits per heavy atom. The fourth-order valence-corrected chi connectivity index (χ4v) is 4.44. The molecule has 2 N–H and O–H groups in total. The Labute approximate surface area is 200 Å². The van der Waals surface area contributed by atoms with E-state index < -0.39 is 12.5 Å². The lowest BCUT2D eigenvalue weighted by molar-refractivity contribution is 0.0663. The standard InChI is InChI=1S/C25H23F2N7O/c1-14(23-29-8-3-9-30-23)34(13-17-7-6-15(11-31-17)21(26)27)25(35)16-10-20-18-4-2-5-19(18)22(28)33-24(20)32-12-16/h3,6-12,14,21H,2,4-5,13H2,1H3,(H2,28,32,33). The molecule has 1 aliphatic rings. The van der Waals surface area contributed by atoms with Gasteiger partial charge in [-0.2, -0.15) is 0 Å². The van der Waals surface area contributed by atoms with Crippen LogP contribution in [0, 0.1) is 0 Å². The van der Waals surface area contributed by atoms with Gasteiger partial charge in [-0.1, -0.05) is 0 Å². The second-order valence-corrected chi connectivity index (χ2v) is 8.50. The smallest absolute Gasteiger partial charge is 0.265 e. The van der Waals surface area contributed by atoms with Crippen LogP contribution in [0.1, 0.15) is 64.4 Å². The summed E-state index contributed by atoms with van der Waals surface area (Å²) < 4.78 is 25.9. The second-order valence-electron chi connectivity index (χ2n) is 8.50. The third-order valence-electron chi connectivity index (χ3n) is 6.31. The number of aromatic nitrogens is 5. The zero-order valence-electron chi connectivity index (χ0n) is 19.0. The molecule has 0 saturated carbocycles. The van der Waals surface area contributed by atoms with Crippen molar-refractivity contribution in [2.75, 3.05) is 5.73 Å². The number of hydrogen-bond acceptors (Lipinski definition) is 7. The molecule has 10 heteroatoms. The fourth-order valence-electron chi connectivity index (χ4n) is 4.44. The van der Waals surface area contributed by atoms with Gasteiger partial charge in [0.05, 0.1) is 23.8 Å². The molecule has 4 aromatic rings. The van der Waals surface area contributed by atoms with E-state index in [0.717, 1.165) is 42.0 Å². The number of nitrogen functional groups attached to an aromatic ring is 1. The molecular weight excluding hydrogens is 452 g/mol. The molecule has 178 valence electrons. The van der Waals surface area contributed by atoms with E-state index in [0.29, 0.717) is 28.5 Å². The van der Waals surface area contributed by atoms with Crippen LogP contribution < -0.4 is 5.73 Å². The molecule has 0 fully saturated rings. The number of rotatable bonds is 6. The largest absolute Gasteiger partial charge is 0.383 e. The summed E-state index contributed by atoms with van der Waals surface area (Å²) in [6.45, 7) is 1.90. The summed E-state index contributed by atoms with van der Waals surface area (Å²) in [7, 11) is 0. The van der Waals surface area contributed by atoms with Crippen LogP contribution in [0.25, 0.3) is 11.0 Å². The zero-order valence-corrected chi connectivity index (χ0v) is 19.0. The Balaban J connectivity index is 1.53. The Bertz CT molecular complexity index is 1380. The van der Waals surface area contributed by atoms with Crippen LogP contribution in [0.2, 0.25) is 0 Å². The van der Waals surface area contributed by atoms with E-state index in [1.807, 2.05) is 6.92 Å². The highest BCUT2D eigenvalue weighted by Crippen LogP contribution is 2.32. The molecule has 0 radical (unpaired) electrons. The van der Waals surface area contributed by atoms with Gasteiger partial charge < -0.3 is 10.6 Å². The number of aryl methyl sites for hydroxylation is 1. The topological polar surface area (TPSA) is 111 Å². The van der Waals surface area contributed by atoms with Gasteiger partial charge in [0.2, 0.25) is 0 Å². The Kier molecular flexibility index (Phi) is 6.02. The molecule has 1 aliphatic carbocycles. The first-order chi connectivity index (χ1) is 16.9. The van der Waals surface area contributed by atoms with Crippen LogP contribution in [0.5, 0.6) is 0 Å². The number of alkyl halides is 2. The summed E-state index contributed by atoms with van der Waals surface area (Å²) in [6.07, 6.45) is 5.91. The number of hydrogen-bond donors (Lipinski definition) is 1. The van der Waals surface area contributed by atoms with Crippen molar-refractivity contribution in [2.45, 2.75) is 45.2 Å². The van der Waals surface area contributed by atoms with Crippen molar-refractivity contribution in [1.29, 1.82) is 0 Å². The highest BCUT2D eigenvalue weighted by molar-refractivity contribution is 5.98. The maximum absolute atomic E-state index is 13.8. The van der Waals surface area contributed by atoms with Crippen molar-refractivity contribution in [3.8, 4) is 0 Å². The van der Waals surface area contributed by atoms with Crippen molar-refractivity contribution in [3.63, 3.8) is 0 Å². The number of anilines is 1. The van der Waals surface area contributed by atoms with Crippen LogP contribution in [0.4, 0.5) is 14.6 Å². The van der Waals surface area contributed by atoms with Crippen molar-refractivity contribution in [1.82, 2.24) is 29.8 Å². The van der Waals surface area contributed by atoms with E-state index in [9.17, 15) is 13.6 Å². The number of carbonyl (C=O) groups is 1. The lowest BCUT2D eigenvalue weighted by Gasteiger charge is -2.28. The lowest BCUT2D eigenvalue weighted by Crippen LogP contribution is -2.34. The maximum atomic E-state index is 13.8.